The molecule has 0 atom stereocenters. The van der Waals surface area contributed by atoms with Crippen LogP contribution >= 0.6 is 0 Å². The Morgan fingerprint density at radius 1 is 1.09 bits per heavy atom. The molecule has 1 heterocycles. The highest BCUT2D eigenvalue weighted by Crippen LogP contribution is 2.34. The molecular weight excluding hydrogens is 426 g/mol. The largest absolute Gasteiger partial charge is 0.515 e. The van der Waals surface area contributed by atoms with Gasteiger partial charge in [-0.05, 0) is 33.8 Å². The number of nitrogens with zero attached hydrogens (tertiary/aromatic N) is 2. The summed E-state index contributed by atoms with van der Waals surface area (Å²) in [4.78, 5) is 36.3. The van der Waals surface area contributed by atoms with E-state index >= 15 is 0 Å². The van der Waals surface area contributed by atoms with Gasteiger partial charge < -0.3 is 29.0 Å². The Balaban J connectivity index is 2.47. The molecular formula is C20H25N3O9. The van der Waals surface area contributed by atoms with E-state index < -0.39 is 23.3 Å². The van der Waals surface area contributed by atoms with E-state index in [1.54, 1.807) is 27.7 Å². The number of ether oxygens (including phenoxy) is 5. The second-order valence-electron chi connectivity index (χ2n) is 6.81. The number of benzene rings is 1. The number of nitro groups is 1. The van der Waals surface area contributed by atoms with Crippen molar-refractivity contribution in [3.63, 3.8) is 0 Å². The van der Waals surface area contributed by atoms with E-state index in [0.29, 0.717) is 11.4 Å². The van der Waals surface area contributed by atoms with Gasteiger partial charge in [-0.1, -0.05) is 6.07 Å². The first-order valence-corrected chi connectivity index (χ1v) is 9.59. The van der Waals surface area contributed by atoms with Crippen molar-refractivity contribution < 1.29 is 38.2 Å². The average Bonchev–Trinajstić information content (AvgIpc) is 2.71. The lowest BCUT2D eigenvalue weighted by Crippen LogP contribution is -2.38. The molecule has 32 heavy (non-hydrogen) atoms. The summed E-state index contributed by atoms with van der Waals surface area (Å²) in [6.07, 6.45) is -2.50. The smallest absolute Gasteiger partial charge is 0.431 e. The maximum absolute atomic E-state index is 12.2. The SMILES string of the molecule is COCCOC(=O)OC1=C(C)NC(C)=C(OC(=O)OC(C)C)N1c1cccc([N+](=O)[O-])c1. The number of allylic oxidation sites excluding steroid dienone is 2. The summed E-state index contributed by atoms with van der Waals surface area (Å²) in [5.74, 6) is -0.202. The number of non-ortho nitro benzene ring substituents is 1. The number of methoxy groups -OCH3 is 1. The second kappa shape index (κ2) is 11.0. The zero-order chi connectivity index (χ0) is 23.8. The summed E-state index contributed by atoms with van der Waals surface area (Å²) in [6.45, 7) is 6.62. The molecule has 1 aliphatic rings. The van der Waals surface area contributed by atoms with Gasteiger partial charge in [-0.3, -0.25) is 10.1 Å². The van der Waals surface area contributed by atoms with E-state index in [2.05, 4.69) is 5.32 Å². The molecule has 0 spiro atoms. The third-order valence-electron chi connectivity index (χ3n) is 3.92. The van der Waals surface area contributed by atoms with Crippen molar-refractivity contribution in [2.24, 2.45) is 0 Å². The van der Waals surface area contributed by atoms with Crippen molar-refractivity contribution in [2.45, 2.75) is 33.8 Å². The van der Waals surface area contributed by atoms with Gasteiger partial charge in [-0.2, -0.15) is 0 Å². The zero-order valence-corrected chi connectivity index (χ0v) is 18.4. The maximum Gasteiger partial charge on any atom is 0.515 e. The van der Waals surface area contributed by atoms with Crippen LogP contribution in [0.25, 0.3) is 0 Å². The van der Waals surface area contributed by atoms with Gasteiger partial charge in [-0.15, -0.1) is 0 Å². The highest BCUT2D eigenvalue weighted by molar-refractivity contribution is 5.70. The average molecular weight is 451 g/mol. The predicted molar refractivity (Wildman–Crippen MR) is 111 cm³/mol. The molecule has 2 rings (SSSR count). The lowest BCUT2D eigenvalue weighted by atomic mass is 10.2. The third-order valence-corrected chi connectivity index (χ3v) is 3.92. The van der Waals surface area contributed by atoms with Crippen LogP contribution in [0.1, 0.15) is 27.7 Å². The second-order valence-corrected chi connectivity index (χ2v) is 6.81. The van der Waals surface area contributed by atoms with Gasteiger partial charge >= 0.3 is 12.3 Å². The van der Waals surface area contributed by atoms with E-state index in [-0.39, 0.29) is 36.4 Å². The van der Waals surface area contributed by atoms with Gasteiger partial charge in [0.15, 0.2) is 0 Å². The molecule has 0 aliphatic carbocycles. The molecule has 0 radical (unpaired) electrons. The standard InChI is InChI=1S/C20H25N3O9/c1-12(2)30-20(25)32-18-14(4)21-13(3)17(31-19(24)29-10-9-28-5)22(18)15-7-6-8-16(11-15)23(26)27/h6-8,11-12,21H,9-10H2,1-5H3. The minimum atomic E-state index is -1.04. The molecule has 1 aromatic rings. The van der Waals surface area contributed by atoms with Crippen LogP contribution in [0.2, 0.25) is 0 Å². The van der Waals surface area contributed by atoms with Crippen molar-refractivity contribution in [2.75, 3.05) is 25.2 Å². The Morgan fingerprint density at radius 3 is 2.28 bits per heavy atom. The number of anilines is 1. The Hall–Kier alpha value is -3.80. The minimum Gasteiger partial charge on any atom is -0.431 e. The fourth-order valence-electron chi connectivity index (χ4n) is 2.65. The van der Waals surface area contributed by atoms with Crippen LogP contribution in [0.5, 0.6) is 0 Å². The van der Waals surface area contributed by atoms with Crippen LogP contribution in [0.4, 0.5) is 21.0 Å². The molecule has 0 fully saturated rings. The molecule has 0 saturated carbocycles. The molecule has 1 N–H and O–H groups in total. The monoisotopic (exact) mass is 451 g/mol. The van der Waals surface area contributed by atoms with Gasteiger partial charge in [-0.25, -0.2) is 14.5 Å². The highest BCUT2D eigenvalue weighted by Gasteiger charge is 2.33. The highest BCUT2D eigenvalue weighted by atomic mass is 16.7. The summed E-state index contributed by atoms with van der Waals surface area (Å²) in [5.41, 5.74) is 0.714. The van der Waals surface area contributed by atoms with Gasteiger partial charge in [0.05, 0.1) is 34.7 Å². The summed E-state index contributed by atoms with van der Waals surface area (Å²) in [7, 11) is 1.45. The van der Waals surface area contributed by atoms with Crippen LogP contribution in [-0.2, 0) is 23.7 Å². The fourth-order valence-corrected chi connectivity index (χ4v) is 2.65. The predicted octanol–water partition coefficient (Wildman–Crippen LogP) is 3.74. The number of rotatable bonds is 8. The molecule has 0 bridgehead atoms. The summed E-state index contributed by atoms with van der Waals surface area (Å²) < 4.78 is 25.5. The first-order valence-electron chi connectivity index (χ1n) is 9.59. The van der Waals surface area contributed by atoms with Crippen molar-refractivity contribution in [1.82, 2.24) is 5.32 Å². The van der Waals surface area contributed by atoms with Crippen LogP contribution < -0.4 is 10.2 Å². The van der Waals surface area contributed by atoms with Crippen molar-refractivity contribution in [1.29, 1.82) is 0 Å². The Morgan fingerprint density at radius 2 is 1.72 bits per heavy atom. The first kappa shape index (κ1) is 24.5. The molecule has 0 amide bonds. The van der Waals surface area contributed by atoms with Crippen molar-refractivity contribution in [3.8, 4) is 0 Å². The van der Waals surface area contributed by atoms with Gasteiger partial charge in [0.2, 0.25) is 11.8 Å². The number of carbonyl (C=O) groups excluding carboxylic acids is 2. The van der Waals surface area contributed by atoms with E-state index in [0.717, 1.165) is 0 Å². The van der Waals surface area contributed by atoms with E-state index in [1.807, 2.05) is 0 Å². The van der Waals surface area contributed by atoms with Gasteiger partial charge in [0, 0.05) is 19.2 Å². The lowest BCUT2D eigenvalue weighted by Gasteiger charge is -2.33. The maximum atomic E-state index is 12.2. The topological polar surface area (TPSA) is 139 Å². The number of hydrogen-bond donors (Lipinski definition) is 1. The normalized spacial score (nSPS) is 13.6. The van der Waals surface area contributed by atoms with E-state index in [4.69, 9.17) is 23.7 Å². The third kappa shape index (κ3) is 6.35. The molecule has 0 unspecified atom stereocenters. The van der Waals surface area contributed by atoms with Crippen molar-refractivity contribution in [3.05, 3.63) is 57.5 Å². The van der Waals surface area contributed by atoms with Crippen LogP contribution in [-0.4, -0.2) is 43.7 Å². The molecule has 12 heteroatoms. The Bertz CT molecular complexity index is 940. The van der Waals surface area contributed by atoms with Crippen LogP contribution in [0.3, 0.4) is 0 Å². The number of nitrogens with one attached hydrogen (secondary N) is 1. The molecule has 1 aromatic carbocycles. The van der Waals surface area contributed by atoms with Crippen LogP contribution in [0, 0.1) is 10.1 Å². The molecule has 174 valence electrons. The minimum absolute atomic E-state index is 0.0508. The fraction of sp³-hybridized carbons (Fsp3) is 0.400. The molecule has 12 nitrogen and oxygen atoms in total. The Labute approximate surface area is 184 Å². The van der Waals surface area contributed by atoms with E-state index in [1.165, 1.54) is 36.3 Å². The molecule has 1 aliphatic heterocycles. The molecule has 0 saturated heterocycles. The lowest BCUT2D eigenvalue weighted by molar-refractivity contribution is -0.384. The van der Waals surface area contributed by atoms with Gasteiger partial charge in [0.25, 0.3) is 5.69 Å². The summed E-state index contributed by atoms with van der Waals surface area (Å²) in [5, 5.41) is 14.2. The Kier molecular flexibility index (Phi) is 8.41. The van der Waals surface area contributed by atoms with E-state index in [9.17, 15) is 19.7 Å². The number of nitro benzene ring substituents is 1. The summed E-state index contributed by atoms with van der Waals surface area (Å²) in [6, 6.07) is 5.50. The van der Waals surface area contributed by atoms with Gasteiger partial charge in [0.1, 0.15) is 6.61 Å². The molecule has 0 aromatic heterocycles. The number of carbonyl (C=O) groups is 2. The first-order chi connectivity index (χ1) is 15.1. The quantitative estimate of drug-likeness (QED) is 0.267. The van der Waals surface area contributed by atoms with Crippen LogP contribution in [0.15, 0.2) is 47.4 Å². The number of hydrogen-bond acceptors (Lipinski definition) is 11. The van der Waals surface area contributed by atoms with Crippen molar-refractivity contribution >= 4 is 23.7 Å². The zero-order valence-electron chi connectivity index (χ0n) is 18.4. The summed E-state index contributed by atoms with van der Waals surface area (Å²) >= 11 is 0.